The molecule has 2 N–H and O–H groups in total. The molecule has 0 amide bonds. The van der Waals surface area contributed by atoms with E-state index in [0.717, 1.165) is 0 Å². The molecule has 2 nitrogen and oxygen atoms in total. The van der Waals surface area contributed by atoms with Gasteiger partial charge in [-0.3, -0.25) is 4.79 Å². The van der Waals surface area contributed by atoms with Gasteiger partial charge < -0.3 is 5.73 Å². The third-order valence-corrected chi connectivity index (χ3v) is 2.55. The molecule has 0 bridgehead atoms. The van der Waals surface area contributed by atoms with E-state index < -0.39 is 5.38 Å². The molecular formula is C9H9Cl2NO. The van der Waals surface area contributed by atoms with Gasteiger partial charge in [0.05, 0.1) is 0 Å². The highest BCUT2D eigenvalue weighted by Crippen LogP contribution is 2.32. The maximum Gasteiger partial charge on any atom is 0.152 e. The molecule has 1 unspecified atom stereocenters. The van der Waals surface area contributed by atoms with Crippen molar-refractivity contribution in [2.75, 3.05) is 5.73 Å². The lowest BCUT2D eigenvalue weighted by Gasteiger charge is -2.10. The van der Waals surface area contributed by atoms with Crippen molar-refractivity contribution in [2.24, 2.45) is 0 Å². The molecule has 0 aromatic heterocycles. The Morgan fingerprint density at radius 3 is 2.62 bits per heavy atom. The first-order valence-electron chi connectivity index (χ1n) is 3.72. The molecule has 0 radical (unpaired) electrons. The molecule has 70 valence electrons. The van der Waals surface area contributed by atoms with Crippen LogP contribution in [-0.2, 0) is 4.79 Å². The van der Waals surface area contributed by atoms with Gasteiger partial charge in [-0.25, -0.2) is 0 Å². The highest BCUT2D eigenvalue weighted by atomic mass is 35.5. The fraction of sp³-hybridized carbons (Fsp3) is 0.222. The molecule has 13 heavy (non-hydrogen) atoms. The van der Waals surface area contributed by atoms with Gasteiger partial charge >= 0.3 is 0 Å². The average Bonchev–Trinajstić information content (AvgIpc) is 2.03. The second-order valence-electron chi connectivity index (χ2n) is 2.72. The monoisotopic (exact) mass is 217 g/mol. The van der Waals surface area contributed by atoms with Crippen LogP contribution in [0.15, 0.2) is 18.2 Å². The van der Waals surface area contributed by atoms with Crippen LogP contribution in [0.25, 0.3) is 0 Å². The molecule has 0 aliphatic carbocycles. The Labute approximate surface area is 86.6 Å². The van der Waals surface area contributed by atoms with E-state index in [0.29, 0.717) is 16.3 Å². The average molecular weight is 218 g/mol. The van der Waals surface area contributed by atoms with Crippen LogP contribution in [-0.4, -0.2) is 5.78 Å². The fourth-order valence-electron chi connectivity index (χ4n) is 1.02. The van der Waals surface area contributed by atoms with Crippen LogP contribution in [0, 0.1) is 0 Å². The largest absolute Gasteiger partial charge is 0.398 e. The Balaban J connectivity index is 3.20. The number of hydrogen-bond acceptors (Lipinski definition) is 2. The van der Waals surface area contributed by atoms with Crippen LogP contribution >= 0.6 is 23.2 Å². The molecule has 1 atom stereocenters. The molecule has 0 fully saturated rings. The van der Waals surface area contributed by atoms with Gasteiger partial charge in [0.1, 0.15) is 5.38 Å². The SMILES string of the molecule is CC(=O)C(Cl)c1c(N)cccc1Cl. The van der Waals surface area contributed by atoms with Gasteiger partial charge in [-0.15, -0.1) is 11.6 Å². The zero-order valence-electron chi connectivity index (χ0n) is 7.05. The number of benzene rings is 1. The highest BCUT2D eigenvalue weighted by Gasteiger charge is 2.18. The maximum absolute atomic E-state index is 11.0. The van der Waals surface area contributed by atoms with Crippen LogP contribution in [0.5, 0.6) is 0 Å². The number of carbonyl (C=O) groups is 1. The highest BCUT2D eigenvalue weighted by molar-refractivity contribution is 6.36. The maximum atomic E-state index is 11.0. The predicted octanol–water partition coefficient (Wildman–Crippen LogP) is 2.79. The summed E-state index contributed by atoms with van der Waals surface area (Å²) < 4.78 is 0. The van der Waals surface area contributed by atoms with Gasteiger partial charge in [-0.2, -0.15) is 0 Å². The Hall–Kier alpha value is -0.730. The van der Waals surface area contributed by atoms with E-state index in [9.17, 15) is 4.79 Å². The lowest BCUT2D eigenvalue weighted by atomic mass is 10.1. The second kappa shape index (κ2) is 3.99. The van der Waals surface area contributed by atoms with Gasteiger partial charge in [0, 0.05) is 16.3 Å². The summed E-state index contributed by atoms with van der Waals surface area (Å²) in [4.78, 5) is 11.0. The number of alkyl halides is 1. The van der Waals surface area contributed by atoms with Crippen LogP contribution < -0.4 is 5.73 Å². The second-order valence-corrected chi connectivity index (χ2v) is 3.56. The number of nitrogens with two attached hydrogens (primary N) is 1. The number of rotatable bonds is 2. The molecule has 0 aliphatic rings. The van der Waals surface area contributed by atoms with Crippen molar-refractivity contribution in [1.82, 2.24) is 0 Å². The number of hydrogen-bond donors (Lipinski definition) is 1. The van der Waals surface area contributed by atoms with E-state index in [2.05, 4.69) is 0 Å². The van der Waals surface area contributed by atoms with Gasteiger partial charge in [-0.05, 0) is 19.1 Å². The number of ketones is 1. The van der Waals surface area contributed by atoms with Crippen LogP contribution in [0.2, 0.25) is 5.02 Å². The zero-order chi connectivity index (χ0) is 10.0. The Morgan fingerprint density at radius 2 is 2.15 bits per heavy atom. The summed E-state index contributed by atoms with van der Waals surface area (Å²) in [6, 6.07) is 5.04. The Kier molecular flexibility index (Phi) is 3.17. The summed E-state index contributed by atoms with van der Waals surface area (Å²) >= 11 is 11.7. The summed E-state index contributed by atoms with van der Waals surface area (Å²) in [5, 5.41) is -0.330. The van der Waals surface area contributed by atoms with Crippen LogP contribution in [0.4, 0.5) is 5.69 Å². The lowest BCUT2D eigenvalue weighted by Crippen LogP contribution is -2.05. The van der Waals surface area contributed by atoms with E-state index in [4.69, 9.17) is 28.9 Å². The quantitative estimate of drug-likeness (QED) is 0.612. The number of halogens is 2. The summed E-state index contributed by atoms with van der Waals surface area (Å²) in [7, 11) is 0. The van der Waals surface area contributed by atoms with Gasteiger partial charge in [0.25, 0.3) is 0 Å². The predicted molar refractivity (Wildman–Crippen MR) is 55.1 cm³/mol. The minimum atomic E-state index is -0.756. The third-order valence-electron chi connectivity index (χ3n) is 1.70. The molecule has 0 spiro atoms. The van der Waals surface area contributed by atoms with Gasteiger partial charge in [-0.1, -0.05) is 17.7 Å². The molecule has 0 aliphatic heterocycles. The lowest BCUT2D eigenvalue weighted by molar-refractivity contribution is -0.116. The van der Waals surface area contributed by atoms with Crippen molar-refractivity contribution in [1.29, 1.82) is 0 Å². The van der Waals surface area contributed by atoms with Crippen molar-refractivity contribution >= 4 is 34.7 Å². The molecule has 0 heterocycles. The molecule has 4 heteroatoms. The summed E-state index contributed by atoms with van der Waals surface area (Å²) in [5.41, 5.74) is 6.58. The topological polar surface area (TPSA) is 43.1 Å². The van der Waals surface area contributed by atoms with Crippen molar-refractivity contribution in [3.05, 3.63) is 28.8 Å². The van der Waals surface area contributed by atoms with Gasteiger partial charge in [0.2, 0.25) is 0 Å². The van der Waals surface area contributed by atoms with Crippen LogP contribution in [0.1, 0.15) is 17.9 Å². The number of Topliss-reactive ketones (excluding diaryl/α,β-unsaturated/α-hetero) is 1. The molecule has 0 saturated carbocycles. The molecular weight excluding hydrogens is 209 g/mol. The third kappa shape index (κ3) is 2.14. The number of anilines is 1. The van der Waals surface area contributed by atoms with E-state index in [1.54, 1.807) is 18.2 Å². The number of carbonyl (C=O) groups excluding carboxylic acids is 1. The first-order valence-corrected chi connectivity index (χ1v) is 4.54. The summed E-state index contributed by atoms with van der Waals surface area (Å²) in [5.74, 6) is -0.165. The summed E-state index contributed by atoms with van der Waals surface area (Å²) in [6.07, 6.45) is 0. The first kappa shape index (κ1) is 10.4. The van der Waals surface area contributed by atoms with E-state index in [1.165, 1.54) is 6.92 Å². The zero-order valence-corrected chi connectivity index (χ0v) is 8.56. The summed E-state index contributed by atoms with van der Waals surface area (Å²) in [6.45, 7) is 1.40. The Bertz CT molecular complexity index is 318. The standard InChI is InChI=1S/C9H9Cl2NO/c1-5(13)9(11)8-6(10)3-2-4-7(8)12/h2-4,9H,12H2,1H3. The van der Waals surface area contributed by atoms with Crippen molar-refractivity contribution in [3.8, 4) is 0 Å². The Morgan fingerprint density at radius 1 is 1.54 bits per heavy atom. The minimum absolute atomic E-state index is 0.165. The van der Waals surface area contributed by atoms with E-state index in [1.807, 2.05) is 0 Å². The smallest absolute Gasteiger partial charge is 0.152 e. The first-order chi connectivity index (χ1) is 6.04. The molecule has 0 saturated heterocycles. The number of nitrogen functional groups attached to an aromatic ring is 1. The molecule has 1 rings (SSSR count). The van der Waals surface area contributed by atoms with Crippen molar-refractivity contribution in [2.45, 2.75) is 12.3 Å². The molecule has 1 aromatic rings. The molecule has 1 aromatic carbocycles. The van der Waals surface area contributed by atoms with Crippen molar-refractivity contribution < 1.29 is 4.79 Å². The van der Waals surface area contributed by atoms with E-state index >= 15 is 0 Å². The van der Waals surface area contributed by atoms with Crippen LogP contribution in [0.3, 0.4) is 0 Å². The fourth-order valence-corrected chi connectivity index (χ4v) is 1.61. The normalized spacial score (nSPS) is 12.5. The van der Waals surface area contributed by atoms with Gasteiger partial charge in [0.15, 0.2) is 5.78 Å². The van der Waals surface area contributed by atoms with E-state index in [-0.39, 0.29) is 5.78 Å². The van der Waals surface area contributed by atoms with Crippen molar-refractivity contribution in [3.63, 3.8) is 0 Å². The minimum Gasteiger partial charge on any atom is -0.398 e.